The SMILES string of the molecule is Cn1c(-c2cccc(C(F)c3ccc4c5c6c(ccc5n(-c5ccccn5)c4c3)sc3ccccc36)c2)nc2ccccc21. The zero-order valence-corrected chi connectivity index (χ0v) is 24.6. The predicted octanol–water partition coefficient (Wildman–Crippen LogP) is 10.2. The Morgan fingerprint density at radius 3 is 2.39 bits per heavy atom. The number of fused-ring (bicyclic) bond motifs is 8. The van der Waals surface area contributed by atoms with Crippen LogP contribution in [0.4, 0.5) is 4.39 Å². The van der Waals surface area contributed by atoms with E-state index >= 15 is 4.39 Å². The van der Waals surface area contributed by atoms with Crippen molar-refractivity contribution in [1.29, 1.82) is 0 Å². The van der Waals surface area contributed by atoms with Crippen molar-refractivity contribution < 1.29 is 4.39 Å². The standard InChI is InChI=1S/C38H25FN4S/c1-42-29-13-4-3-12-28(29)41-38(42)25-10-8-9-23(21-25)37(39)24-16-17-26-31(22-24)43(34-15-6-7-20-40-34)30-18-19-33-36(35(26)30)27-11-2-5-14-32(27)44-33/h2-22,37H,1H3. The summed E-state index contributed by atoms with van der Waals surface area (Å²) in [6.07, 6.45) is 0.492. The molecule has 4 heterocycles. The molecule has 4 aromatic heterocycles. The van der Waals surface area contributed by atoms with E-state index in [9.17, 15) is 0 Å². The number of halogens is 1. The molecule has 0 radical (unpaired) electrons. The average Bonchev–Trinajstić information content (AvgIpc) is 3.73. The third kappa shape index (κ3) is 3.68. The molecule has 0 fully saturated rings. The topological polar surface area (TPSA) is 35.6 Å². The van der Waals surface area contributed by atoms with Crippen LogP contribution >= 0.6 is 11.3 Å². The normalized spacial score (nSPS) is 12.7. The number of hydrogen-bond acceptors (Lipinski definition) is 3. The molecule has 0 saturated heterocycles. The second kappa shape index (κ2) is 9.59. The molecule has 0 aliphatic heterocycles. The van der Waals surface area contributed by atoms with Gasteiger partial charge in [-0.3, -0.25) is 4.57 Å². The Hall–Kier alpha value is -5.33. The van der Waals surface area contributed by atoms with E-state index in [0.717, 1.165) is 44.7 Å². The first-order chi connectivity index (χ1) is 21.7. The third-order valence-electron chi connectivity index (χ3n) is 8.69. The van der Waals surface area contributed by atoms with Crippen LogP contribution in [0.3, 0.4) is 0 Å². The van der Waals surface area contributed by atoms with Crippen molar-refractivity contribution in [3.05, 3.63) is 139 Å². The van der Waals surface area contributed by atoms with Crippen LogP contribution in [-0.4, -0.2) is 19.1 Å². The molecule has 9 rings (SSSR count). The first kappa shape index (κ1) is 25.2. The summed E-state index contributed by atoms with van der Waals surface area (Å²) in [5.74, 6) is 1.63. The van der Waals surface area contributed by atoms with E-state index in [1.54, 1.807) is 17.5 Å². The van der Waals surface area contributed by atoms with Crippen molar-refractivity contribution >= 4 is 64.3 Å². The minimum Gasteiger partial charge on any atom is -0.327 e. The Bertz CT molecular complexity index is 2540. The van der Waals surface area contributed by atoms with Crippen LogP contribution in [0.1, 0.15) is 17.3 Å². The average molecular weight is 589 g/mol. The van der Waals surface area contributed by atoms with Gasteiger partial charge in [-0.1, -0.05) is 66.7 Å². The van der Waals surface area contributed by atoms with Crippen LogP contribution < -0.4 is 0 Å². The van der Waals surface area contributed by atoms with Crippen molar-refractivity contribution in [2.45, 2.75) is 6.17 Å². The summed E-state index contributed by atoms with van der Waals surface area (Å²) in [6.45, 7) is 0. The van der Waals surface area contributed by atoms with Gasteiger partial charge >= 0.3 is 0 Å². The second-order valence-electron chi connectivity index (χ2n) is 11.2. The molecule has 1 unspecified atom stereocenters. The molecule has 0 bridgehead atoms. The van der Waals surface area contributed by atoms with Crippen molar-refractivity contribution in [2.24, 2.45) is 7.05 Å². The molecule has 6 heteroatoms. The second-order valence-corrected chi connectivity index (χ2v) is 12.3. The molecule has 44 heavy (non-hydrogen) atoms. The molecule has 0 aliphatic rings. The lowest BCUT2D eigenvalue weighted by molar-refractivity contribution is 0.402. The zero-order chi connectivity index (χ0) is 29.4. The fourth-order valence-electron chi connectivity index (χ4n) is 6.66. The summed E-state index contributed by atoms with van der Waals surface area (Å²) in [5.41, 5.74) is 6.06. The van der Waals surface area contributed by atoms with Gasteiger partial charge in [-0.15, -0.1) is 11.3 Å². The molecule has 0 amide bonds. The van der Waals surface area contributed by atoms with Crippen molar-refractivity contribution in [1.82, 2.24) is 19.1 Å². The highest BCUT2D eigenvalue weighted by Gasteiger charge is 2.21. The Labute approximate surface area is 256 Å². The number of aryl methyl sites for hydroxylation is 1. The number of pyridine rings is 1. The van der Waals surface area contributed by atoms with Gasteiger partial charge in [0.2, 0.25) is 0 Å². The highest BCUT2D eigenvalue weighted by molar-refractivity contribution is 7.26. The number of benzene rings is 5. The number of hydrogen-bond donors (Lipinski definition) is 0. The largest absolute Gasteiger partial charge is 0.327 e. The molecule has 0 spiro atoms. The number of aromatic nitrogens is 4. The number of rotatable bonds is 4. The van der Waals surface area contributed by atoms with E-state index in [4.69, 9.17) is 9.97 Å². The number of imidazole rings is 1. The van der Waals surface area contributed by atoms with E-state index in [1.807, 2.05) is 79.8 Å². The lowest BCUT2D eigenvalue weighted by atomic mass is 9.98. The Morgan fingerprint density at radius 2 is 1.50 bits per heavy atom. The zero-order valence-electron chi connectivity index (χ0n) is 23.8. The maximum absolute atomic E-state index is 16.5. The lowest BCUT2D eigenvalue weighted by Crippen LogP contribution is -1.99. The van der Waals surface area contributed by atoms with Crippen LogP contribution in [-0.2, 0) is 7.05 Å². The van der Waals surface area contributed by atoms with Crippen LogP contribution in [0.5, 0.6) is 0 Å². The molecule has 1 atom stereocenters. The summed E-state index contributed by atoms with van der Waals surface area (Å²) < 4.78 is 23.3. The van der Waals surface area contributed by atoms with Crippen molar-refractivity contribution in [3.8, 4) is 17.2 Å². The molecule has 9 aromatic rings. The van der Waals surface area contributed by atoms with E-state index in [2.05, 4.69) is 57.7 Å². The van der Waals surface area contributed by atoms with E-state index in [-0.39, 0.29) is 0 Å². The van der Waals surface area contributed by atoms with Gasteiger partial charge in [-0.05, 0) is 65.7 Å². The fraction of sp³-hybridized carbons (Fsp3) is 0.0526. The molecular formula is C38H25FN4S. The third-order valence-corrected chi connectivity index (χ3v) is 9.83. The fourth-order valence-corrected chi connectivity index (χ4v) is 7.78. The highest BCUT2D eigenvalue weighted by atomic mass is 32.1. The van der Waals surface area contributed by atoms with Gasteiger partial charge in [-0.2, -0.15) is 0 Å². The summed E-state index contributed by atoms with van der Waals surface area (Å²) in [5, 5.41) is 4.74. The molecule has 210 valence electrons. The molecule has 0 saturated carbocycles. The molecule has 5 aromatic carbocycles. The summed E-state index contributed by atoms with van der Waals surface area (Å²) in [6, 6.07) is 40.6. The number of thiophene rings is 1. The van der Waals surface area contributed by atoms with Gasteiger partial charge in [0.1, 0.15) is 11.6 Å². The Morgan fingerprint density at radius 1 is 0.659 bits per heavy atom. The van der Waals surface area contributed by atoms with Gasteiger partial charge in [0.25, 0.3) is 0 Å². The van der Waals surface area contributed by atoms with Gasteiger partial charge in [0, 0.05) is 49.8 Å². The summed E-state index contributed by atoms with van der Waals surface area (Å²) in [4.78, 5) is 9.56. The molecule has 0 aliphatic carbocycles. The lowest BCUT2D eigenvalue weighted by Gasteiger charge is -2.12. The van der Waals surface area contributed by atoms with Gasteiger partial charge in [0.15, 0.2) is 6.17 Å². The quantitative estimate of drug-likeness (QED) is 0.205. The van der Waals surface area contributed by atoms with Crippen molar-refractivity contribution in [2.75, 3.05) is 0 Å². The van der Waals surface area contributed by atoms with E-state index < -0.39 is 6.17 Å². The van der Waals surface area contributed by atoms with Crippen LogP contribution in [0.25, 0.3) is 70.2 Å². The molecular weight excluding hydrogens is 564 g/mol. The Balaban J connectivity index is 1.24. The highest BCUT2D eigenvalue weighted by Crippen LogP contribution is 2.44. The Kier molecular flexibility index (Phi) is 5.49. The van der Waals surface area contributed by atoms with Crippen LogP contribution in [0.15, 0.2) is 128 Å². The monoisotopic (exact) mass is 588 g/mol. The predicted molar refractivity (Wildman–Crippen MR) is 181 cm³/mol. The minimum absolute atomic E-state index is 0.598. The first-order valence-corrected chi connectivity index (χ1v) is 15.4. The molecule has 0 N–H and O–H groups in total. The van der Waals surface area contributed by atoms with Gasteiger partial charge < -0.3 is 4.57 Å². The maximum Gasteiger partial charge on any atom is 0.150 e. The van der Waals surface area contributed by atoms with Crippen molar-refractivity contribution in [3.63, 3.8) is 0 Å². The maximum atomic E-state index is 16.5. The number of para-hydroxylation sites is 2. The summed E-state index contributed by atoms with van der Waals surface area (Å²) in [7, 11) is 2.00. The van der Waals surface area contributed by atoms with Crippen LogP contribution in [0, 0.1) is 0 Å². The first-order valence-electron chi connectivity index (χ1n) is 14.6. The van der Waals surface area contributed by atoms with Crippen LogP contribution in [0.2, 0.25) is 0 Å². The van der Waals surface area contributed by atoms with Gasteiger partial charge in [0.05, 0.1) is 22.1 Å². The number of nitrogens with zero attached hydrogens (tertiary/aromatic N) is 4. The van der Waals surface area contributed by atoms with Gasteiger partial charge in [-0.25, -0.2) is 14.4 Å². The number of alkyl halides is 1. The smallest absolute Gasteiger partial charge is 0.150 e. The van der Waals surface area contributed by atoms with E-state index in [1.165, 1.54) is 25.6 Å². The summed E-state index contributed by atoms with van der Waals surface area (Å²) >= 11 is 1.81. The minimum atomic E-state index is -1.31. The molecule has 4 nitrogen and oxygen atoms in total. The van der Waals surface area contributed by atoms with E-state index in [0.29, 0.717) is 11.1 Å².